The molecule has 0 amide bonds. The molecule has 0 spiro atoms. The van der Waals surface area contributed by atoms with Gasteiger partial charge in [-0.1, -0.05) is 23.2 Å². The molecule has 0 fully saturated rings. The van der Waals surface area contributed by atoms with Gasteiger partial charge in [0.25, 0.3) is 0 Å². The number of halogens is 5. The van der Waals surface area contributed by atoms with Crippen molar-refractivity contribution in [2.24, 2.45) is 7.05 Å². The van der Waals surface area contributed by atoms with E-state index in [2.05, 4.69) is 14.8 Å². The van der Waals surface area contributed by atoms with Crippen LogP contribution in [0, 0.1) is 0 Å². The lowest BCUT2D eigenvalue weighted by molar-refractivity contribution is -0.0552. The van der Waals surface area contributed by atoms with Crippen molar-refractivity contribution in [1.29, 1.82) is 0 Å². The average molecular weight is 327 g/mol. The Hall–Kier alpha value is -1.67. The lowest BCUT2D eigenvalue weighted by Crippen LogP contribution is -2.06. The third-order valence-corrected chi connectivity index (χ3v) is 2.96. The van der Waals surface area contributed by atoms with Crippen LogP contribution in [-0.4, -0.2) is 21.4 Å². The summed E-state index contributed by atoms with van der Waals surface area (Å²) in [5, 5.41) is 3.80. The van der Waals surface area contributed by atoms with Crippen LogP contribution in [0.25, 0.3) is 11.4 Å². The van der Waals surface area contributed by atoms with Crippen LogP contribution in [0.1, 0.15) is 0 Å². The largest absolute Gasteiger partial charge is 0.416 e. The molecule has 0 saturated carbocycles. The van der Waals surface area contributed by atoms with Crippen molar-refractivity contribution in [1.82, 2.24) is 14.8 Å². The van der Waals surface area contributed by atoms with E-state index in [1.54, 1.807) is 0 Å². The van der Waals surface area contributed by atoms with Crippen molar-refractivity contribution < 1.29 is 18.0 Å². The molecule has 2 aromatic heterocycles. The highest BCUT2D eigenvalue weighted by molar-refractivity contribution is 6.34. The van der Waals surface area contributed by atoms with E-state index in [-0.39, 0.29) is 33.1 Å². The molecule has 0 unspecified atom stereocenters. The van der Waals surface area contributed by atoms with Crippen LogP contribution in [-0.2, 0) is 7.05 Å². The Morgan fingerprint density at radius 3 is 2.65 bits per heavy atom. The van der Waals surface area contributed by atoms with Crippen molar-refractivity contribution in [3.63, 3.8) is 0 Å². The third kappa shape index (κ3) is 2.75. The number of hydrogen-bond donors (Lipinski definition) is 1. The summed E-state index contributed by atoms with van der Waals surface area (Å²) in [7, 11) is 1.37. The molecule has 0 aliphatic rings. The summed E-state index contributed by atoms with van der Waals surface area (Å²) < 4.78 is 42.2. The highest BCUT2D eigenvalue weighted by atomic mass is 35.5. The van der Waals surface area contributed by atoms with Crippen molar-refractivity contribution >= 4 is 29.0 Å². The summed E-state index contributed by atoms with van der Waals surface area (Å²) in [4.78, 5) is 3.83. The molecule has 20 heavy (non-hydrogen) atoms. The minimum atomic E-state index is -3.04. The van der Waals surface area contributed by atoms with Crippen LogP contribution in [0.5, 0.6) is 5.88 Å². The number of ether oxygens (including phenoxy) is 1. The van der Waals surface area contributed by atoms with Gasteiger partial charge in [-0.25, -0.2) is 15.2 Å². The summed E-state index contributed by atoms with van der Waals surface area (Å²) in [5.74, 6) is -0.551. The van der Waals surface area contributed by atoms with E-state index < -0.39 is 6.61 Å². The number of nitrogens with zero attached hydrogens (tertiary/aromatic N) is 3. The lowest BCUT2D eigenvalue weighted by Gasteiger charge is -2.04. The van der Waals surface area contributed by atoms with Gasteiger partial charge in [0.2, 0.25) is 5.88 Å². The second kappa shape index (κ2) is 5.76. The Balaban J connectivity index is 2.48. The molecule has 0 aromatic carbocycles. The van der Waals surface area contributed by atoms with Gasteiger partial charge in [-0.3, -0.25) is 0 Å². The zero-order valence-electron chi connectivity index (χ0n) is 9.87. The van der Waals surface area contributed by atoms with Gasteiger partial charge in [-0.15, -0.1) is 4.48 Å². The molecule has 0 aliphatic carbocycles. The van der Waals surface area contributed by atoms with Crippen LogP contribution in [0.3, 0.4) is 0 Å². The normalized spacial score (nSPS) is 10.9. The van der Waals surface area contributed by atoms with Crippen LogP contribution < -0.4 is 10.3 Å². The molecule has 1 N–H and O–H groups in total. The molecule has 0 aliphatic heterocycles. The fraction of sp³-hybridized carbons (Fsp3) is 0.200. The number of aryl methyl sites for hydroxylation is 1. The van der Waals surface area contributed by atoms with Gasteiger partial charge in [0.15, 0.2) is 5.82 Å². The standard InChI is InChI=1S/C10H7Cl2F3N4O/c1-19-9(20-10(13)14)6(12)7(18-19)5-3-2-4(11)8(16-5)17-15/h2-3,10H,1H3,(H,16,17). The molecule has 108 valence electrons. The summed E-state index contributed by atoms with van der Waals surface area (Å²) >= 11 is 11.6. The van der Waals surface area contributed by atoms with E-state index in [4.69, 9.17) is 23.2 Å². The number of pyridine rings is 1. The number of anilines is 1. The zero-order valence-corrected chi connectivity index (χ0v) is 11.4. The van der Waals surface area contributed by atoms with Crippen molar-refractivity contribution in [3.8, 4) is 17.3 Å². The zero-order chi connectivity index (χ0) is 14.9. The molecule has 2 rings (SSSR count). The smallest absolute Gasteiger partial charge is 0.388 e. The summed E-state index contributed by atoms with van der Waals surface area (Å²) in [6.45, 7) is -3.04. The van der Waals surface area contributed by atoms with E-state index >= 15 is 0 Å². The Morgan fingerprint density at radius 2 is 2.05 bits per heavy atom. The van der Waals surface area contributed by atoms with Crippen molar-refractivity contribution in [2.45, 2.75) is 6.61 Å². The fourth-order valence-corrected chi connectivity index (χ4v) is 1.94. The Bertz CT molecular complexity index is 635. The van der Waals surface area contributed by atoms with Gasteiger partial charge < -0.3 is 4.74 Å². The molecule has 0 bridgehead atoms. The molecule has 2 aromatic rings. The van der Waals surface area contributed by atoms with Crippen LogP contribution >= 0.6 is 23.2 Å². The van der Waals surface area contributed by atoms with Gasteiger partial charge in [-0.05, 0) is 12.1 Å². The van der Waals surface area contributed by atoms with Crippen molar-refractivity contribution in [2.75, 3.05) is 5.54 Å². The highest BCUT2D eigenvalue weighted by Gasteiger charge is 2.21. The second-order valence-corrected chi connectivity index (χ2v) is 4.38. The molecule has 2 heterocycles. The van der Waals surface area contributed by atoms with Gasteiger partial charge in [0.05, 0.1) is 10.7 Å². The van der Waals surface area contributed by atoms with Gasteiger partial charge in [0, 0.05) is 7.05 Å². The number of aromatic nitrogens is 3. The predicted molar refractivity (Wildman–Crippen MR) is 67.8 cm³/mol. The van der Waals surface area contributed by atoms with Gasteiger partial charge in [0.1, 0.15) is 10.7 Å². The Morgan fingerprint density at radius 1 is 1.35 bits per heavy atom. The lowest BCUT2D eigenvalue weighted by atomic mass is 10.2. The number of hydrogen-bond acceptors (Lipinski definition) is 4. The van der Waals surface area contributed by atoms with Crippen molar-refractivity contribution in [3.05, 3.63) is 22.2 Å². The first-order valence-electron chi connectivity index (χ1n) is 5.15. The molecule has 0 radical (unpaired) electrons. The quantitative estimate of drug-likeness (QED) is 0.871. The number of alkyl halides is 2. The molecule has 5 nitrogen and oxygen atoms in total. The predicted octanol–water partition coefficient (Wildman–Crippen LogP) is 3.69. The third-order valence-electron chi connectivity index (χ3n) is 2.32. The maximum absolute atomic E-state index is 12.5. The summed E-state index contributed by atoms with van der Waals surface area (Å²) in [6.07, 6.45) is 0. The SMILES string of the molecule is Cn1nc(-c2ccc(Cl)c(NF)n2)c(Cl)c1OC(F)F. The summed E-state index contributed by atoms with van der Waals surface area (Å²) in [6, 6.07) is 2.79. The minimum Gasteiger partial charge on any atom is -0.416 e. The molecule has 10 heteroatoms. The molecule has 0 saturated heterocycles. The van der Waals surface area contributed by atoms with E-state index in [0.29, 0.717) is 0 Å². The maximum atomic E-state index is 12.5. The fourth-order valence-electron chi connectivity index (χ4n) is 1.50. The molecular weight excluding hydrogens is 320 g/mol. The van der Waals surface area contributed by atoms with Gasteiger partial charge >= 0.3 is 6.61 Å². The highest BCUT2D eigenvalue weighted by Crippen LogP contribution is 2.35. The molecular formula is C10H7Cl2F3N4O. The number of rotatable bonds is 4. The van der Waals surface area contributed by atoms with Crippen LogP contribution in [0.2, 0.25) is 10.0 Å². The number of nitrogens with one attached hydrogen (secondary N) is 1. The summed E-state index contributed by atoms with van der Waals surface area (Å²) in [5.41, 5.74) is 1.53. The van der Waals surface area contributed by atoms with E-state index in [1.807, 2.05) is 0 Å². The maximum Gasteiger partial charge on any atom is 0.388 e. The van der Waals surface area contributed by atoms with Gasteiger partial charge in [-0.2, -0.15) is 13.9 Å². The Labute approximate surface area is 121 Å². The van der Waals surface area contributed by atoms with Crippen LogP contribution in [0.15, 0.2) is 12.1 Å². The minimum absolute atomic E-state index is 0.0485. The molecule has 0 atom stereocenters. The van der Waals surface area contributed by atoms with E-state index in [0.717, 1.165) is 4.68 Å². The first-order chi connectivity index (χ1) is 9.43. The Kier molecular flexibility index (Phi) is 4.24. The monoisotopic (exact) mass is 326 g/mol. The van der Waals surface area contributed by atoms with E-state index in [9.17, 15) is 13.3 Å². The first-order valence-corrected chi connectivity index (χ1v) is 5.90. The second-order valence-electron chi connectivity index (χ2n) is 3.59. The van der Waals surface area contributed by atoms with Crippen LogP contribution in [0.4, 0.5) is 19.1 Å². The average Bonchev–Trinajstić information content (AvgIpc) is 2.67. The van der Waals surface area contributed by atoms with E-state index in [1.165, 1.54) is 24.7 Å². The first kappa shape index (κ1) is 14.7. The topological polar surface area (TPSA) is 52.0 Å².